The number of nitrogens with zero attached hydrogens (tertiary/aromatic N) is 7. The number of piperidine rings is 1. The summed E-state index contributed by atoms with van der Waals surface area (Å²) in [4.78, 5) is 50.3. The number of carbonyl (C=O) groups excluding carboxylic acids is 3. The molecule has 1 aromatic carbocycles. The molecule has 270 valence electrons. The van der Waals surface area contributed by atoms with E-state index in [-0.39, 0.29) is 45.5 Å². The monoisotopic (exact) mass is 737 g/mol. The molecule has 19 heteroatoms. The van der Waals surface area contributed by atoms with E-state index >= 15 is 0 Å². The van der Waals surface area contributed by atoms with Crippen LogP contribution < -0.4 is 10.6 Å². The molecule has 5 heterocycles. The number of rotatable bonds is 6. The van der Waals surface area contributed by atoms with Crippen LogP contribution in [0.1, 0.15) is 45.1 Å². The highest BCUT2D eigenvalue weighted by atomic mass is 35.5. The number of halogens is 7. The molecular weight excluding hydrogens is 708 g/mol. The molecule has 2 fully saturated rings. The molecule has 0 bridgehead atoms. The van der Waals surface area contributed by atoms with E-state index in [9.17, 15) is 40.7 Å². The van der Waals surface area contributed by atoms with E-state index in [2.05, 4.69) is 25.7 Å². The quantitative estimate of drug-likeness (QED) is 0.270. The van der Waals surface area contributed by atoms with Crippen molar-refractivity contribution in [3.05, 3.63) is 76.6 Å². The van der Waals surface area contributed by atoms with E-state index in [0.29, 0.717) is 36.9 Å². The van der Waals surface area contributed by atoms with Crippen molar-refractivity contribution in [2.45, 2.75) is 25.2 Å². The Hall–Kier alpha value is -4.97. The Morgan fingerprint density at radius 1 is 0.941 bits per heavy atom. The molecule has 2 saturated heterocycles. The van der Waals surface area contributed by atoms with Gasteiger partial charge in [0.2, 0.25) is 5.91 Å². The second-order valence-electron chi connectivity index (χ2n) is 12.0. The van der Waals surface area contributed by atoms with Gasteiger partial charge in [-0.3, -0.25) is 14.4 Å². The van der Waals surface area contributed by atoms with Gasteiger partial charge in [0.05, 0.1) is 28.0 Å². The van der Waals surface area contributed by atoms with Gasteiger partial charge in [-0.05, 0) is 56.3 Å². The summed E-state index contributed by atoms with van der Waals surface area (Å²) in [7, 11) is 1.26. The van der Waals surface area contributed by atoms with Crippen LogP contribution in [0.5, 0.6) is 0 Å². The lowest BCUT2D eigenvalue weighted by molar-refractivity contribution is -0.141. The van der Waals surface area contributed by atoms with Crippen LogP contribution in [0.2, 0.25) is 5.02 Å². The first-order valence-electron chi connectivity index (χ1n) is 15.7. The Balaban J connectivity index is 1.16. The van der Waals surface area contributed by atoms with Gasteiger partial charge in [0.25, 0.3) is 11.8 Å². The van der Waals surface area contributed by atoms with Gasteiger partial charge < -0.3 is 25.0 Å². The summed E-state index contributed by atoms with van der Waals surface area (Å²) in [6.45, 7) is 3.04. The fourth-order valence-corrected chi connectivity index (χ4v) is 6.39. The van der Waals surface area contributed by atoms with E-state index in [0.717, 1.165) is 55.2 Å². The van der Waals surface area contributed by atoms with Crippen LogP contribution in [0.25, 0.3) is 17.1 Å². The largest absolute Gasteiger partial charge is 0.435 e. The molecule has 2 aliphatic rings. The van der Waals surface area contributed by atoms with Gasteiger partial charge in [-0.15, -0.1) is 0 Å². The van der Waals surface area contributed by atoms with Crippen LogP contribution in [0, 0.1) is 5.92 Å². The molecule has 0 spiro atoms. The van der Waals surface area contributed by atoms with Crippen LogP contribution in [0.4, 0.5) is 32.0 Å². The van der Waals surface area contributed by atoms with Crippen molar-refractivity contribution in [2.75, 3.05) is 44.6 Å². The molecule has 0 radical (unpaired) electrons. The van der Waals surface area contributed by atoms with Crippen molar-refractivity contribution in [2.24, 2.45) is 13.0 Å². The fraction of sp³-hybridized carbons (Fsp3) is 0.375. The predicted molar refractivity (Wildman–Crippen MR) is 171 cm³/mol. The minimum atomic E-state index is -5.09. The van der Waals surface area contributed by atoms with E-state index in [1.807, 2.05) is 0 Å². The molecule has 4 aromatic rings. The first kappa shape index (κ1) is 35.8. The highest BCUT2D eigenvalue weighted by molar-refractivity contribution is 6.34. The molecule has 51 heavy (non-hydrogen) atoms. The van der Waals surface area contributed by atoms with Gasteiger partial charge in [0.1, 0.15) is 5.56 Å². The lowest BCUT2D eigenvalue weighted by atomic mass is 9.96. The maximum Gasteiger partial charge on any atom is 0.435 e. The Morgan fingerprint density at radius 3 is 2.27 bits per heavy atom. The van der Waals surface area contributed by atoms with Crippen molar-refractivity contribution in [1.29, 1.82) is 0 Å². The Kier molecular flexibility index (Phi) is 9.82. The summed E-state index contributed by atoms with van der Waals surface area (Å²) in [6, 6.07) is 5.85. The van der Waals surface area contributed by atoms with Crippen molar-refractivity contribution < 1.29 is 40.7 Å². The second kappa shape index (κ2) is 14.0. The topological polar surface area (TPSA) is 130 Å². The van der Waals surface area contributed by atoms with Gasteiger partial charge in [-0.1, -0.05) is 11.6 Å². The van der Waals surface area contributed by atoms with E-state index in [1.165, 1.54) is 25.2 Å². The first-order chi connectivity index (χ1) is 24.1. The average molecular weight is 738 g/mol. The molecule has 0 unspecified atom stereocenters. The average Bonchev–Trinajstić information content (AvgIpc) is 3.72. The Morgan fingerprint density at radius 2 is 1.63 bits per heavy atom. The lowest BCUT2D eigenvalue weighted by Crippen LogP contribution is -2.52. The van der Waals surface area contributed by atoms with Crippen molar-refractivity contribution in [3.8, 4) is 17.1 Å². The molecule has 0 saturated carbocycles. The summed E-state index contributed by atoms with van der Waals surface area (Å²) < 4.78 is 84.4. The molecule has 3 amide bonds. The zero-order valence-electron chi connectivity index (χ0n) is 26.9. The second-order valence-corrected chi connectivity index (χ2v) is 12.4. The Labute approximate surface area is 291 Å². The maximum absolute atomic E-state index is 14.1. The van der Waals surface area contributed by atoms with Gasteiger partial charge in [-0.2, -0.15) is 31.4 Å². The smallest absolute Gasteiger partial charge is 0.339 e. The van der Waals surface area contributed by atoms with Crippen molar-refractivity contribution >= 4 is 35.0 Å². The number of hydrogen-bond donors (Lipinski definition) is 2. The van der Waals surface area contributed by atoms with Gasteiger partial charge in [-0.25, -0.2) is 14.6 Å². The third kappa shape index (κ3) is 7.42. The number of aromatic nitrogens is 5. The number of carbonyl (C=O) groups is 3. The number of piperazine rings is 1. The summed E-state index contributed by atoms with van der Waals surface area (Å²) in [5, 5.41) is 9.19. The number of anilines is 1. The number of imidazole rings is 1. The molecule has 3 aromatic heterocycles. The lowest BCUT2D eigenvalue weighted by Gasteiger charge is -2.37. The minimum absolute atomic E-state index is 0.0215. The summed E-state index contributed by atoms with van der Waals surface area (Å²) >= 11 is 6.44. The number of amides is 3. The first-order valence-corrected chi connectivity index (χ1v) is 16.1. The van der Waals surface area contributed by atoms with E-state index in [4.69, 9.17) is 11.6 Å². The third-order valence-electron chi connectivity index (χ3n) is 8.78. The van der Waals surface area contributed by atoms with Gasteiger partial charge >= 0.3 is 12.4 Å². The standard InChI is InChI=1S/C32H30ClF6N9O3/c1-45-24(21-17-48(44-25(21)32(37,38)39)26-22(31(34,35)36)3-2-8-41-26)16-42-27(45)28(49)43-19-4-5-20(23(33)15-19)30(51)47-13-11-46(12-14-47)29(50)18-6-9-40-10-7-18/h2-5,8,15-18,40H,6-7,9-14H2,1H3,(H,43,49). The number of pyridine rings is 1. The number of benzene rings is 1. The van der Waals surface area contributed by atoms with Crippen LogP contribution >= 0.6 is 11.6 Å². The Bertz CT molecular complexity index is 1960. The summed E-state index contributed by atoms with van der Waals surface area (Å²) in [5.74, 6) is -2.33. The van der Waals surface area contributed by atoms with Crippen LogP contribution in [0.3, 0.4) is 0 Å². The van der Waals surface area contributed by atoms with Crippen LogP contribution in [-0.2, 0) is 24.2 Å². The summed E-state index contributed by atoms with van der Waals surface area (Å²) in [6.07, 6.45) is -5.77. The SMILES string of the molecule is Cn1c(-c2cn(-c3ncccc3C(F)(F)F)nc2C(F)(F)F)cnc1C(=O)Nc1ccc(C(=O)N2CCN(C(=O)C3CCNCC3)CC2)c(Cl)c1. The summed E-state index contributed by atoms with van der Waals surface area (Å²) in [5.41, 5.74) is -3.39. The van der Waals surface area contributed by atoms with Crippen molar-refractivity contribution in [1.82, 2.24) is 39.4 Å². The molecule has 12 nitrogen and oxygen atoms in total. The highest BCUT2D eigenvalue weighted by Gasteiger charge is 2.41. The maximum atomic E-state index is 14.1. The predicted octanol–water partition coefficient (Wildman–Crippen LogP) is 4.90. The molecule has 0 aliphatic carbocycles. The molecule has 2 N–H and O–H groups in total. The van der Waals surface area contributed by atoms with E-state index in [1.54, 1.807) is 9.80 Å². The third-order valence-corrected chi connectivity index (χ3v) is 9.10. The molecule has 2 aliphatic heterocycles. The van der Waals surface area contributed by atoms with Crippen LogP contribution in [0.15, 0.2) is 48.9 Å². The highest BCUT2D eigenvalue weighted by Crippen LogP contribution is 2.39. The number of nitrogens with one attached hydrogen (secondary N) is 2. The number of alkyl halides is 6. The van der Waals surface area contributed by atoms with Gasteiger partial charge in [0.15, 0.2) is 17.3 Å². The van der Waals surface area contributed by atoms with E-state index < -0.39 is 40.9 Å². The number of hydrogen-bond acceptors (Lipinski definition) is 7. The minimum Gasteiger partial charge on any atom is -0.339 e. The molecular formula is C32H30ClF6N9O3. The van der Waals surface area contributed by atoms with Crippen molar-refractivity contribution in [3.63, 3.8) is 0 Å². The fourth-order valence-electron chi connectivity index (χ4n) is 6.13. The zero-order valence-corrected chi connectivity index (χ0v) is 27.6. The normalized spacial score (nSPS) is 16.0. The molecule has 6 rings (SSSR count). The molecule has 0 atom stereocenters. The zero-order chi connectivity index (χ0) is 36.7. The van der Waals surface area contributed by atoms with Gasteiger partial charge in [0, 0.05) is 57.2 Å². The van der Waals surface area contributed by atoms with Crippen LogP contribution in [-0.4, -0.2) is 91.1 Å².